The lowest BCUT2D eigenvalue weighted by Crippen LogP contribution is -2.44. The van der Waals surface area contributed by atoms with E-state index in [1.165, 1.54) is 12.1 Å². The molecule has 1 aliphatic heterocycles. The fourth-order valence-electron chi connectivity index (χ4n) is 2.41. The Hall–Kier alpha value is -2.32. The van der Waals surface area contributed by atoms with Gasteiger partial charge in [-0.1, -0.05) is 12.1 Å². The maximum atomic E-state index is 10.8. The van der Waals surface area contributed by atoms with E-state index in [-0.39, 0.29) is 5.69 Å². The van der Waals surface area contributed by atoms with Gasteiger partial charge in [-0.25, -0.2) is 9.67 Å². The molecular weight excluding hydrogens is 286 g/mol. The van der Waals surface area contributed by atoms with Crippen molar-refractivity contribution in [3.05, 3.63) is 40.7 Å². The second-order valence-electron chi connectivity index (χ2n) is 5.29. The quantitative estimate of drug-likeness (QED) is 0.629. The van der Waals surface area contributed by atoms with Gasteiger partial charge in [0.2, 0.25) is 0 Å². The number of hydrogen-bond acceptors (Lipinski definition) is 6. The first kappa shape index (κ1) is 14.6. The van der Waals surface area contributed by atoms with Gasteiger partial charge in [0.05, 0.1) is 24.8 Å². The highest BCUT2D eigenvalue weighted by molar-refractivity contribution is 5.58. The Bertz CT molecular complexity index is 672. The van der Waals surface area contributed by atoms with E-state index in [0.29, 0.717) is 30.7 Å². The van der Waals surface area contributed by atoms with Crippen LogP contribution in [0.2, 0.25) is 0 Å². The van der Waals surface area contributed by atoms with Crippen LogP contribution in [-0.2, 0) is 11.4 Å². The predicted octanol–water partition coefficient (Wildman–Crippen LogP) is 1.53. The molecule has 0 bridgehead atoms. The molecule has 0 unspecified atom stereocenters. The monoisotopic (exact) mass is 303 g/mol. The Balaban J connectivity index is 1.76. The van der Waals surface area contributed by atoms with Crippen molar-refractivity contribution in [1.82, 2.24) is 19.7 Å². The number of hydrogen-bond donors (Lipinski definition) is 0. The molecule has 0 spiro atoms. The van der Waals surface area contributed by atoms with Crippen LogP contribution < -0.4 is 0 Å². The Kier molecular flexibility index (Phi) is 4.12. The van der Waals surface area contributed by atoms with Crippen LogP contribution in [0.3, 0.4) is 0 Å². The number of morpholine rings is 1. The second-order valence-corrected chi connectivity index (χ2v) is 5.29. The van der Waals surface area contributed by atoms with Gasteiger partial charge in [-0.2, -0.15) is 0 Å². The number of benzene rings is 1. The van der Waals surface area contributed by atoms with Crippen LogP contribution in [0.1, 0.15) is 6.92 Å². The number of non-ortho nitro benzene ring substituents is 1. The third-order valence-electron chi connectivity index (χ3n) is 3.68. The molecule has 0 N–H and O–H groups in total. The molecule has 0 radical (unpaired) electrons. The maximum Gasteiger partial charge on any atom is 0.270 e. The van der Waals surface area contributed by atoms with Gasteiger partial charge in [-0.05, 0) is 6.92 Å². The molecule has 1 saturated heterocycles. The van der Waals surface area contributed by atoms with Gasteiger partial charge in [0.25, 0.3) is 5.69 Å². The highest BCUT2D eigenvalue weighted by atomic mass is 16.6. The lowest BCUT2D eigenvalue weighted by Gasteiger charge is -2.32. The third kappa shape index (κ3) is 3.12. The molecule has 1 aromatic heterocycles. The van der Waals surface area contributed by atoms with Crippen LogP contribution >= 0.6 is 0 Å². The van der Waals surface area contributed by atoms with Crippen molar-refractivity contribution in [1.29, 1.82) is 0 Å². The van der Waals surface area contributed by atoms with E-state index in [4.69, 9.17) is 4.74 Å². The average Bonchev–Trinajstić information content (AvgIpc) is 2.98. The van der Waals surface area contributed by atoms with Gasteiger partial charge in [-0.15, -0.1) is 5.10 Å². The van der Waals surface area contributed by atoms with E-state index in [9.17, 15) is 10.1 Å². The van der Waals surface area contributed by atoms with Crippen LogP contribution in [0.25, 0.3) is 11.4 Å². The number of nitro benzene ring substituents is 1. The van der Waals surface area contributed by atoms with Gasteiger partial charge in [0, 0.05) is 30.3 Å². The summed E-state index contributed by atoms with van der Waals surface area (Å²) in [5.74, 6) is 0.490. The molecule has 1 atom stereocenters. The first-order valence-corrected chi connectivity index (χ1v) is 7.09. The molecule has 1 aromatic carbocycles. The van der Waals surface area contributed by atoms with Crippen molar-refractivity contribution in [3.8, 4) is 11.4 Å². The SMILES string of the molecule is C[C@@H]1COCCN1Cn1cnc(-c2cccc([N+](=O)[O-])c2)n1. The molecule has 116 valence electrons. The van der Waals surface area contributed by atoms with E-state index in [0.717, 1.165) is 13.2 Å². The molecular formula is C14H17N5O3. The standard InChI is InChI=1S/C14H17N5O3/c1-11-8-22-6-5-17(11)10-18-9-15-14(16-18)12-3-2-4-13(7-12)19(20)21/h2-4,7,9,11H,5-6,8,10H2,1H3/t11-/m1/s1. The number of nitrogens with zero attached hydrogens (tertiary/aromatic N) is 5. The van der Waals surface area contributed by atoms with E-state index in [2.05, 4.69) is 21.9 Å². The predicted molar refractivity (Wildman–Crippen MR) is 79.1 cm³/mol. The van der Waals surface area contributed by atoms with Gasteiger partial charge in [-0.3, -0.25) is 15.0 Å². The van der Waals surface area contributed by atoms with Crippen molar-refractivity contribution in [3.63, 3.8) is 0 Å². The summed E-state index contributed by atoms with van der Waals surface area (Å²) in [6.07, 6.45) is 1.65. The first-order valence-electron chi connectivity index (χ1n) is 7.09. The van der Waals surface area contributed by atoms with Gasteiger partial charge in [0.15, 0.2) is 5.82 Å². The number of rotatable bonds is 4. The molecule has 2 heterocycles. The second kappa shape index (κ2) is 6.20. The lowest BCUT2D eigenvalue weighted by atomic mass is 10.2. The largest absolute Gasteiger partial charge is 0.379 e. The molecule has 0 amide bonds. The van der Waals surface area contributed by atoms with Crippen molar-refractivity contribution in [2.45, 2.75) is 19.6 Å². The third-order valence-corrected chi connectivity index (χ3v) is 3.68. The van der Waals surface area contributed by atoms with Crippen molar-refractivity contribution in [2.75, 3.05) is 19.8 Å². The summed E-state index contributed by atoms with van der Waals surface area (Å²) in [6.45, 7) is 5.03. The molecule has 22 heavy (non-hydrogen) atoms. The van der Waals surface area contributed by atoms with Crippen LogP contribution in [0.5, 0.6) is 0 Å². The summed E-state index contributed by atoms with van der Waals surface area (Å²) < 4.78 is 7.16. The summed E-state index contributed by atoms with van der Waals surface area (Å²) >= 11 is 0. The summed E-state index contributed by atoms with van der Waals surface area (Å²) in [4.78, 5) is 16.9. The number of aromatic nitrogens is 3. The first-order chi connectivity index (χ1) is 10.6. The zero-order chi connectivity index (χ0) is 15.5. The number of nitro groups is 1. The highest BCUT2D eigenvalue weighted by Gasteiger charge is 2.19. The zero-order valence-corrected chi connectivity index (χ0v) is 12.3. The molecule has 0 aliphatic carbocycles. The molecule has 0 saturated carbocycles. The number of ether oxygens (including phenoxy) is 1. The van der Waals surface area contributed by atoms with Gasteiger partial charge < -0.3 is 4.74 Å². The van der Waals surface area contributed by atoms with Crippen molar-refractivity contribution in [2.24, 2.45) is 0 Å². The minimum absolute atomic E-state index is 0.0376. The van der Waals surface area contributed by atoms with Crippen LogP contribution in [0, 0.1) is 10.1 Å². The Morgan fingerprint density at radius 1 is 1.50 bits per heavy atom. The van der Waals surface area contributed by atoms with Crippen molar-refractivity contribution >= 4 is 5.69 Å². The molecule has 2 aromatic rings. The average molecular weight is 303 g/mol. The summed E-state index contributed by atoms with van der Waals surface area (Å²) in [5.41, 5.74) is 0.679. The smallest absolute Gasteiger partial charge is 0.270 e. The molecule has 1 fully saturated rings. The fraction of sp³-hybridized carbons (Fsp3) is 0.429. The Morgan fingerprint density at radius 3 is 3.14 bits per heavy atom. The minimum Gasteiger partial charge on any atom is -0.379 e. The van der Waals surface area contributed by atoms with E-state index in [1.807, 2.05) is 0 Å². The molecule has 3 rings (SSSR count). The van der Waals surface area contributed by atoms with E-state index in [1.54, 1.807) is 23.1 Å². The van der Waals surface area contributed by atoms with Gasteiger partial charge >= 0.3 is 0 Å². The summed E-state index contributed by atoms with van der Waals surface area (Å²) in [7, 11) is 0. The fourth-order valence-corrected chi connectivity index (χ4v) is 2.41. The normalized spacial score (nSPS) is 19.2. The molecule has 1 aliphatic rings. The summed E-state index contributed by atoms with van der Waals surface area (Å²) in [6, 6.07) is 6.68. The highest BCUT2D eigenvalue weighted by Crippen LogP contribution is 2.20. The van der Waals surface area contributed by atoms with E-state index >= 15 is 0 Å². The van der Waals surface area contributed by atoms with Crippen LogP contribution in [0.15, 0.2) is 30.6 Å². The Labute approximate surface area is 127 Å². The topological polar surface area (TPSA) is 86.3 Å². The van der Waals surface area contributed by atoms with Crippen LogP contribution in [-0.4, -0.2) is 50.4 Å². The Morgan fingerprint density at radius 2 is 2.36 bits per heavy atom. The molecule has 8 heteroatoms. The van der Waals surface area contributed by atoms with Crippen LogP contribution in [0.4, 0.5) is 5.69 Å². The van der Waals surface area contributed by atoms with Gasteiger partial charge in [0.1, 0.15) is 6.33 Å². The lowest BCUT2D eigenvalue weighted by molar-refractivity contribution is -0.384. The molecule has 8 nitrogen and oxygen atoms in total. The van der Waals surface area contributed by atoms with E-state index < -0.39 is 4.92 Å². The summed E-state index contributed by atoms with van der Waals surface area (Å²) in [5, 5.41) is 15.2. The van der Waals surface area contributed by atoms with Crippen molar-refractivity contribution < 1.29 is 9.66 Å². The minimum atomic E-state index is -0.421. The maximum absolute atomic E-state index is 10.8. The zero-order valence-electron chi connectivity index (χ0n) is 12.3.